The lowest BCUT2D eigenvalue weighted by Crippen LogP contribution is -2.23. The highest BCUT2D eigenvalue weighted by atomic mass is 16.2. The molecule has 0 unspecified atom stereocenters. The molecule has 2 rings (SSSR count). The van der Waals surface area contributed by atoms with E-state index in [2.05, 4.69) is 6.58 Å². The van der Waals surface area contributed by atoms with Crippen molar-refractivity contribution in [2.45, 2.75) is 40.0 Å². The van der Waals surface area contributed by atoms with Gasteiger partial charge in [-0.15, -0.1) is 0 Å². The van der Waals surface area contributed by atoms with Crippen LogP contribution < -0.4 is 4.90 Å². The van der Waals surface area contributed by atoms with Crippen LogP contribution in [0.15, 0.2) is 53.8 Å². The van der Waals surface area contributed by atoms with E-state index < -0.39 is 0 Å². The van der Waals surface area contributed by atoms with E-state index in [0.717, 1.165) is 40.8 Å². The Balaban J connectivity index is 2.52. The molecule has 0 aliphatic heterocycles. The minimum atomic E-state index is -0.0837. The molecule has 0 spiro atoms. The fraction of sp³-hybridized carbons (Fsp3) is 0.300. The highest BCUT2D eigenvalue weighted by Gasteiger charge is 2.26. The second-order valence-corrected chi connectivity index (χ2v) is 5.57. The fourth-order valence-corrected chi connectivity index (χ4v) is 3.09. The molecule has 0 aromatic heterocycles. The lowest BCUT2D eigenvalue weighted by Gasteiger charge is -2.20. The van der Waals surface area contributed by atoms with Crippen LogP contribution in [0.1, 0.15) is 45.6 Å². The van der Waals surface area contributed by atoms with Crippen LogP contribution in [0.4, 0.5) is 5.69 Å². The number of allylic oxidation sites excluding steroid dienone is 3. The van der Waals surface area contributed by atoms with E-state index in [-0.39, 0.29) is 11.7 Å². The minimum absolute atomic E-state index is 0.0837. The summed E-state index contributed by atoms with van der Waals surface area (Å²) in [6.07, 6.45) is 5.48. The number of nitrogens with zero attached hydrogens (tertiary/aromatic N) is 1. The van der Waals surface area contributed by atoms with Crippen LogP contribution in [-0.2, 0) is 9.59 Å². The van der Waals surface area contributed by atoms with Crippen molar-refractivity contribution in [3.8, 4) is 0 Å². The van der Waals surface area contributed by atoms with Crippen molar-refractivity contribution in [3.05, 3.63) is 59.3 Å². The zero-order valence-corrected chi connectivity index (χ0v) is 14.1. The first-order chi connectivity index (χ1) is 11.0. The van der Waals surface area contributed by atoms with Gasteiger partial charge in [0.2, 0.25) is 5.91 Å². The van der Waals surface area contributed by atoms with Crippen molar-refractivity contribution < 1.29 is 9.59 Å². The first kappa shape index (κ1) is 16.9. The second-order valence-electron chi connectivity index (χ2n) is 5.57. The zero-order valence-electron chi connectivity index (χ0n) is 14.1. The monoisotopic (exact) mass is 309 g/mol. The lowest BCUT2D eigenvalue weighted by atomic mass is 10.0. The standard InChI is InChI=1S/C20H23NO2/c1-5-15-10-8-9-11-19(15)21(14(4)22)13-16-12-20(23)18(7-3)17(16)6-2/h5,8-11,13H,1,6-7,12H2,2-4H3/b16-13+. The number of hydrogen-bond acceptors (Lipinski definition) is 2. The molecule has 0 heterocycles. The molecule has 1 amide bonds. The Hall–Kier alpha value is -2.42. The smallest absolute Gasteiger partial charge is 0.227 e. The van der Waals surface area contributed by atoms with Gasteiger partial charge >= 0.3 is 0 Å². The number of rotatable bonds is 5. The van der Waals surface area contributed by atoms with Crippen LogP contribution in [-0.4, -0.2) is 11.7 Å². The van der Waals surface area contributed by atoms with Crippen LogP contribution >= 0.6 is 0 Å². The molecule has 3 heteroatoms. The molecule has 0 radical (unpaired) electrons. The quantitative estimate of drug-likeness (QED) is 0.793. The number of carbonyl (C=O) groups is 2. The fourth-order valence-electron chi connectivity index (χ4n) is 3.09. The van der Waals surface area contributed by atoms with E-state index in [1.54, 1.807) is 11.0 Å². The van der Waals surface area contributed by atoms with Gasteiger partial charge in [0, 0.05) is 19.5 Å². The van der Waals surface area contributed by atoms with Gasteiger partial charge in [0.15, 0.2) is 5.78 Å². The minimum Gasteiger partial charge on any atom is -0.294 e. The van der Waals surface area contributed by atoms with E-state index in [1.807, 2.05) is 44.3 Å². The number of ketones is 1. The summed E-state index contributed by atoms with van der Waals surface area (Å²) in [6, 6.07) is 7.62. The van der Waals surface area contributed by atoms with Gasteiger partial charge in [0.25, 0.3) is 0 Å². The van der Waals surface area contributed by atoms with E-state index in [9.17, 15) is 9.59 Å². The first-order valence-corrected chi connectivity index (χ1v) is 8.01. The molecular weight excluding hydrogens is 286 g/mol. The van der Waals surface area contributed by atoms with Crippen LogP contribution in [0, 0.1) is 0 Å². The summed E-state index contributed by atoms with van der Waals surface area (Å²) in [5, 5.41) is 0. The van der Waals surface area contributed by atoms with E-state index >= 15 is 0 Å². The van der Waals surface area contributed by atoms with Crippen molar-refractivity contribution in [2.24, 2.45) is 0 Å². The highest BCUT2D eigenvalue weighted by molar-refractivity contribution is 6.03. The Kier molecular flexibility index (Phi) is 5.32. The summed E-state index contributed by atoms with van der Waals surface area (Å²) in [4.78, 5) is 26.0. The van der Waals surface area contributed by atoms with Gasteiger partial charge in [-0.2, -0.15) is 0 Å². The predicted molar refractivity (Wildman–Crippen MR) is 95.0 cm³/mol. The molecule has 1 aromatic rings. The Labute approximate surface area is 138 Å². The van der Waals surface area contributed by atoms with E-state index in [0.29, 0.717) is 6.42 Å². The van der Waals surface area contributed by atoms with Gasteiger partial charge in [0.1, 0.15) is 0 Å². The van der Waals surface area contributed by atoms with Gasteiger partial charge in [-0.3, -0.25) is 14.5 Å². The molecule has 1 aliphatic rings. The second kappa shape index (κ2) is 7.23. The van der Waals surface area contributed by atoms with Gasteiger partial charge < -0.3 is 0 Å². The third-order valence-corrected chi connectivity index (χ3v) is 4.19. The molecule has 0 fully saturated rings. The average molecular weight is 309 g/mol. The molecule has 23 heavy (non-hydrogen) atoms. The van der Waals surface area contributed by atoms with E-state index in [1.165, 1.54) is 6.92 Å². The Bertz CT molecular complexity index is 710. The summed E-state index contributed by atoms with van der Waals surface area (Å²) in [5.74, 6) is 0.0933. The summed E-state index contributed by atoms with van der Waals surface area (Å²) < 4.78 is 0. The van der Waals surface area contributed by atoms with Crippen LogP contribution in [0.3, 0.4) is 0 Å². The Morgan fingerprint density at radius 3 is 2.43 bits per heavy atom. The van der Waals surface area contributed by atoms with Crippen molar-refractivity contribution in [2.75, 3.05) is 4.90 Å². The molecule has 1 aliphatic carbocycles. The number of carbonyl (C=O) groups excluding carboxylic acids is 2. The molecule has 0 saturated heterocycles. The van der Waals surface area contributed by atoms with Gasteiger partial charge in [0.05, 0.1) is 5.69 Å². The largest absolute Gasteiger partial charge is 0.294 e. The average Bonchev–Trinajstić information content (AvgIpc) is 2.86. The Morgan fingerprint density at radius 1 is 1.22 bits per heavy atom. The van der Waals surface area contributed by atoms with Crippen LogP contribution in [0.5, 0.6) is 0 Å². The number of Topliss-reactive ketones (excluding diaryl/α,β-unsaturated/α-hetero) is 1. The number of anilines is 1. The molecule has 1 aromatic carbocycles. The Morgan fingerprint density at radius 2 is 1.87 bits per heavy atom. The summed E-state index contributed by atoms with van der Waals surface area (Å²) in [6.45, 7) is 9.39. The van der Waals surface area contributed by atoms with Crippen LogP contribution in [0.25, 0.3) is 6.08 Å². The van der Waals surface area contributed by atoms with Crippen molar-refractivity contribution in [1.29, 1.82) is 0 Å². The summed E-state index contributed by atoms with van der Waals surface area (Å²) in [7, 11) is 0. The maximum atomic E-state index is 12.2. The zero-order chi connectivity index (χ0) is 17.0. The molecule has 3 nitrogen and oxygen atoms in total. The molecule has 120 valence electrons. The maximum Gasteiger partial charge on any atom is 0.227 e. The van der Waals surface area contributed by atoms with Gasteiger partial charge in [-0.1, -0.05) is 44.7 Å². The summed E-state index contributed by atoms with van der Waals surface area (Å²) >= 11 is 0. The molecule has 0 saturated carbocycles. The SMILES string of the molecule is C=Cc1ccccc1N(/C=C1\CC(=O)C(CC)=C1CC)C(C)=O. The number of para-hydroxylation sites is 1. The van der Waals surface area contributed by atoms with Crippen molar-refractivity contribution in [1.82, 2.24) is 0 Å². The number of benzene rings is 1. The summed E-state index contributed by atoms with van der Waals surface area (Å²) in [5.41, 5.74) is 4.61. The molecule has 0 bridgehead atoms. The highest BCUT2D eigenvalue weighted by Crippen LogP contribution is 2.34. The molecular formula is C20H23NO2. The van der Waals surface area contributed by atoms with Crippen molar-refractivity contribution in [3.63, 3.8) is 0 Å². The number of amides is 1. The topological polar surface area (TPSA) is 37.4 Å². The molecule has 0 N–H and O–H groups in total. The third kappa shape index (κ3) is 3.34. The predicted octanol–water partition coefficient (Wildman–Crippen LogP) is 4.66. The third-order valence-electron chi connectivity index (χ3n) is 4.19. The normalized spacial score (nSPS) is 16.1. The molecule has 0 atom stereocenters. The maximum absolute atomic E-state index is 12.2. The first-order valence-electron chi connectivity index (χ1n) is 8.01. The van der Waals surface area contributed by atoms with E-state index in [4.69, 9.17) is 0 Å². The lowest BCUT2D eigenvalue weighted by molar-refractivity contribution is -0.116. The number of hydrogen-bond donors (Lipinski definition) is 0. The van der Waals surface area contributed by atoms with Gasteiger partial charge in [-0.05, 0) is 41.2 Å². The van der Waals surface area contributed by atoms with Crippen molar-refractivity contribution >= 4 is 23.5 Å². The van der Waals surface area contributed by atoms with Gasteiger partial charge in [-0.25, -0.2) is 0 Å². The van der Waals surface area contributed by atoms with Crippen LogP contribution in [0.2, 0.25) is 0 Å².